The zero-order chi connectivity index (χ0) is 33.7. The van der Waals surface area contributed by atoms with E-state index in [2.05, 4.69) is 41.0 Å². The second kappa shape index (κ2) is 18.0. The summed E-state index contributed by atoms with van der Waals surface area (Å²) in [5.41, 5.74) is 1.18. The number of rotatable bonds is 17. The van der Waals surface area contributed by atoms with Gasteiger partial charge in [0, 0.05) is 24.7 Å². The second-order valence-corrected chi connectivity index (χ2v) is 14.5. The monoisotopic (exact) mass is 636 g/mol. The van der Waals surface area contributed by atoms with Crippen molar-refractivity contribution in [2.24, 2.45) is 23.2 Å². The quantitative estimate of drug-likeness (QED) is 0.130. The number of aliphatic hydroxyl groups excluding tert-OH is 1. The van der Waals surface area contributed by atoms with E-state index >= 15 is 0 Å². The highest BCUT2D eigenvalue weighted by Crippen LogP contribution is 2.30. The van der Waals surface area contributed by atoms with Crippen molar-refractivity contribution in [2.75, 3.05) is 0 Å². The van der Waals surface area contributed by atoms with Gasteiger partial charge in [0.2, 0.25) is 5.91 Å². The maximum absolute atomic E-state index is 14.0. The lowest BCUT2D eigenvalue weighted by Crippen LogP contribution is -2.56. The standard InChI is InChI=1S/C37H56N4O5/c1-7-28(25(2)3)20-32(42)30(18-26-14-10-8-11-15-26)40-35(44)31(21-29-23-38-24-39-29)41-36(45)33(19-27-16-12-9-13-17-27)46-34(43)22-37(4,5)6/h7,9,12-13,16-17,23-26,28,30-33,42H,1,8,10-11,14-15,18-22H2,2-6H3,(H,38,39)(H,40,44)(H,41,45)/t28-,30-,31-,32+,33-/m0/s1. The van der Waals surface area contributed by atoms with Crippen molar-refractivity contribution in [1.29, 1.82) is 0 Å². The fourth-order valence-corrected chi connectivity index (χ4v) is 6.20. The Morgan fingerprint density at radius 1 is 1.07 bits per heavy atom. The lowest BCUT2D eigenvalue weighted by atomic mass is 9.81. The molecule has 0 bridgehead atoms. The van der Waals surface area contributed by atoms with Gasteiger partial charge in [-0.15, -0.1) is 6.58 Å². The van der Waals surface area contributed by atoms with Gasteiger partial charge in [0.1, 0.15) is 6.04 Å². The largest absolute Gasteiger partial charge is 0.452 e. The number of carbonyl (C=O) groups is 3. The van der Waals surface area contributed by atoms with Crippen LogP contribution >= 0.6 is 0 Å². The van der Waals surface area contributed by atoms with Gasteiger partial charge < -0.3 is 25.5 Å². The molecule has 3 rings (SSSR count). The zero-order valence-corrected chi connectivity index (χ0v) is 28.5. The Morgan fingerprint density at radius 3 is 2.35 bits per heavy atom. The van der Waals surface area contributed by atoms with Crippen LogP contribution in [0.3, 0.4) is 0 Å². The van der Waals surface area contributed by atoms with Crippen molar-refractivity contribution in [3.63, 3.8) is 0 Å². The van der Waals surface area contributed by atoms with E-state index in [9.17, 15) is 19.5 Å². The Kier molecular flexibility index (Phi) is 14.5. The summed E-state index contributed by atoms with van der Waals surface area (Å²) >= 11 is 0. The van der Waals surface area contributed by atoms with Crippen LogP contribution in [0.2, 0.25) is 0 Å². The zero-order valence-electron chi connectivity index (χ0n) is 28.5. The molecule has 0 spiro atoms. The molecule has 0 aliphatic heterocycles. The van der Waals surface area contributed by atoms with Crippen molar-refractivity contribution >= 4 is 17.8 Å². The topological polar surface area (TPSA) is 133 Å². The summed E-state index contributed by atoms with van der Waals surface area (Å²) in [5, 5.41) is 17.5. The highest BCUT2D eigenvalue weighted by molar-refractivity contribution is 5.90. The number of imidazole rings is 1. The van der Waals surface area contributed by atoms with Crippen molar-refractivity contribution in [1.82, 2.24) is 20.6 Å². The van der Waals surface area contributed by atoms with Crippen LogP contribution in [-0.4, -0.2) is 57.1 Å². The molecule has 1 aromatic carbocycles. The van der Waals surface area contributed by atoms with E-state index in [0.717, 1.165) is 31.2 Å². The number of esters is 1. The summed E-state index contributed by atoms with van der Waals surface area (Å²) in [4.78, 5) is 47.9. The first kappa shape index (κ1) is 37.0. The Bertz CT molecular complexity index is 1220. The lowest BCUT2D eigenvalue weighted by molar-refractivity contribution is -0.158. The molecule has 2 aromatic rings. The molecule has 2 amide bonds. The van der Waals surface area contributed by atoms with Crippen molar-refractivity contribution in [3.8, 4) is 0 Å². The number of H-pyrrole nitrogens is 1. The van der Waals surface area contributed by atoms with Crippen molar-refractivity contribution in [3.05, 3.63) is 66.8 Å². The van der Waals surface area contributed by atoms with Gasteiger partial charge in [-0.25, -0.2) is 4.98 Å². The average Bonchev–Trinajstić information content (AvgIpc) is 3.52. The summed E-state index contributed by atoms with van der Waals surface area (Å²) < 4.78 is 5.75. The minimum absolute atomic E-state index is 0.0998. The molecule has 1 heterocycles. The normalized spacial score (nSPS) is 17.4. The number of ether oxygens (including phenoxy) is 1. The first-order valence-corrected chi connectivity index (χ1v) is 17.0. The van der Waals surface area contributed by atoms with E-state index in [1.165, 1.54) is 12.7 Å². The molecule has 46 heavy (non-hydrogen) atoms. The first-order chi connectivity index (χ1) is 21.8. The van der Waals surface area contributed by atoms with Crippen molar-refractivity contribution in [2.45, 2.75) is 123 Å². The Labute approximate surface area is 275 Å². The molecule has 1 aliphatic rings. The maximum atomic E-state index is 14.0. The van der Waals surface area contributed by atoms with Crippen LogP contribution in [-0.2, 0) is 32.0 Å². The van der Waals surface area contributed by atoms with Gasteiger partial charge in [0.25, 0.3) is 5.91 Å². The van der Waals surface area contributed by atoms with E-state index < -0.39 is 42.1 Å². The molecule has 0 unspecified atom stereocenters. The Balaban J connectivity index is 1.84. The van der Waals surface area contributed by atoms with Crippen LogP contribution in [0.4, 0.5) is 0 Å². The van der Waals surface area contributed by atoms with Gasteiger partial charge in [0.15, 0.2) is 6.10 Å². The molecular weight excluding hydrogens is 580 g/mol. The highest BCUT2D eigenvalue weighted by Gasteiger charge is 2.33. The van der Waals surface area contributed by atoms with Gasteiger partial charge in [-0.05, 0) is 41.6 Å². The van der Waals surface area contributed by atoms with Crippen LogP contribution in [0.15, 0.2) is 55.5 Å². The molecule has 0 saturated heterocycles. The number of hydrogen-bond acceptors (Lipinski definition) is 6. The summed E-state index contributed by atoms with van der Waals surface area (Å²) in [5.74, 6) is -0.622. The molecule has 1 fully saturated rings. The van der Waals surface area contributed by atoms with E-state index in [1.807, 2.05) is 57.2 Å². The van der Waals surface area contributed by atoms with Gasteiger partial charge in [-0.3, -0.25) is 14.4 Å². The number of aromatic amines is 1. The third kappa shape index (κ3) is 12.7. The maximum Gasteiger partial charge on any atom is 0.307 e. The second-order valence-electron chi connectivity index (χ2n) is 14.5. The molecule has 254 valence electrons. The number of aromatic nitrogens is 2. The predicted molar refractivity (Wildman–Crippen MR) is 181 cm³/mol. The van der Waals surface area contributed by atoms with Crippen LogP contribution in [0.5, 0.6) is 0 Å². The molecule has 5 atom stereocenters. The number of benzene rings is 1. The number of allylic oxidation sites excluding steroid dienone is 1. The number of aliphatic hydroxyl groups is 1. The third-order valence-electron chi connectivity index (χ3n) is 8.89. The first-order valence-electron chi connectivity index (χ1n) is 17.0. The highest BCUT2D eigenvalue weighted by atomic mass is 16.5. The van der Waals surface area contributed by atoms with E-state index in [0.29, 0.717) is 30.4 Å². The van der Waals surface area contributed by atoms with E-state index in [4.69, 9.17) is 4.74 Å². The summed E-state index contributed by atoms with van der Waals surface area (Å²) in [6.45, 7) is 14.0. The number of hydrogen-bond donors (Lipinski definition) is 4. The fraction of sp³-hybridized carbons (Fsp3) is 0.622. The molecule has 1 aliphatic carbocycles. The summed E-state index contributed by atoms with van der Waals surface area (Å²) in [7, 11) is 0. The molecule has 9 nitrogen and oxygen atoms in total. The number of amides is 2. The molecule has 1 saturated carbocycles. The van der Waals surface area contributed by atoms with Gasteiger partial charge in [0.05, 0.1) is 24.9 Å². The van der Waals surface area contributed by atoms with Gasteiger partial charge in [-0.1, -0.05) is 103 Å². The number of carbonyl (C=O) groups excluding carboxylic acids is 3. The summed E-state index contributed by atoms with van der Waals surface area (Å²) in [6.07, 6.45) is 10.4. The van der Waals surface area contributed by atoms with Crippen LogP contribution < -0.4 is 10.6 Å². The van der Waals surface area contributed by atoms with Crippen LogP contribution in [0, 0.1) is 23.2 Å². The smallest absolute Gasteiger partial charge is 0.307 e. The summed E-state index contributed by atoms with van der Waals surface area (Å²) in [6, 6.07) is 7.88. The molecular formula is C37H56N4O5. The van der Waals surface area contributed by atoms with Crippen LogP contribution in [0.1, 0.15) is 97.2 Å². The van der Waals surface area contributed by atoms with Gasteiger partial charge >= 0.3 is 5.97 Å². The Morgan fingerprint density at radius 2 is 1.76 bits per heavy atom. The Hall–Kier alpha value is -3.46. The predicted octanol–water partition coefficient (Wildman–Crippen LogP) is 5.69. The van der Waals surface area contributed by atoms with E-state index in [1.54, 1.807) is 6.20 Å². The van der Waals surface area contributed by atoms with Crippen LogP contribution in [0.25, 0.3) is 0 Å². The fourth-order valence-electron chi connectivity index (χ4n) is 6.20. The van der Waals surface area contributed by atoms with Gasteiger partial charge in [-0.2, -0.15) is 0 Å². The van der Waals surface area contributed by atoms with E-state index in [-0.39, 0.29) is 30.6 Å². The average molecular weight is 637 g/mol. The number of nitrogens with one attached hydrogen (secondary N) is 3. The lowest BCUT2D eigenvalue weighted by Gasteiger charge is -2.33. The third-order valence-corrected chi connectivity index (χ3v) is 8.89. The van der Waals surface area contributed by atoms with Crippen molar-refractivity contribution < 1.29 is 24.2 Å². The molecule has 1 aromatic heterocycles. The molecule has 4 N–H and O–H groups in total. The molecule has 9 heteroatoms. The minimum atomic E-state index is -1.13. The SMILES string of the molecule is C=C[C@@H](C[C@@H](O)[C@H](CC1CCCCC1)NC(=O)[C@H](Cc1cnc[nH]1)NC(=O)[C@H](Cc1ccccc1)OC(=O)CC(C)(C)C)C(C)C. The molecule has 0 radical (unpaired) electrons. The number of nitrogens with zero attached hydrogens (tertiary/aromatic N) is 1. The minimum Gasteiger partial charge on any atom is -0.452 e.